The molecule has 0 saturated heterocycles. The largest absolute Gasteiger partial charge is 0.399 e. The molecule has 4 nitrogen and oxygen atoms in total. The number of nitrogen functional groups attached to an aromatic ring is 1. The van der Waals surface area contributed by atoms with Gasteiger partial charge in [0.05, 0.1) is 37.9 Å². The number of aryl methyl sites for hydroxylation is 2. The molecule has 1 unspecified atom stereocenters. The SMILES string of the molecule is Cc1nn(C)c(CS(=O)c2ccc(N)cc2Br)c1Cl. The number of nitrogens with zero attached hydrogens (tertiary/aromatic N) is 2. The van der Waals surface area contributed by atoms with Gasteiger partial charge in [-0.1, -0.05) is 11.6 Å². The van der Waals surface area contributed by atoms with Crippen LogP contribution in [0.15, 0.2) is 27.6 Å². The van der Waals surface area contributed by atoms with Crippen LogP contribution in [0, 0.1) is 6.92 Å². The van der Waals surface area contributed by atoms with Gasteiger partial charge in [0.1, 0.15) is 0 Å². The minimum atomic E-state index is -1.21. The Hall–Kier alpha value is -0.850. The molecule has 2 rings (SSSR count). The van der Waals surface area contributed by atoms with Crippen molar-refractivity contribution in [2.75, 3.05) is 5.73 Å². The summed E-state index contributed by atoms with van der Waals surface area (Å²) in [4.78, 5) is 0.698. The summed E-state index contributed by atoms with van der Waals surface area (Å²) in [6.45, 7) is 1.83. The summed E-state index contributed by atoms with van der Waals surface area (Å²) in [5, 5.41) is 4.78. The monoisotopic (exact) mass is 361 g/mol. The lowest BCUT2D eigenvalue weighted by Gasteiger charge is -2.06. The van der Waals surface area contributed by atoms with Crippen LogP contribution in [0.5, 0.6) is 0 Å². The van der Waals surface area contributed by atoms with Crippen molar-refractivity contribution in [1.82, 2.24) is 9.78 Å². The lowest BCUT2D eigenvalue weighted by Crippen LogP contribution is -2.04. The van der Waals surface area contributed by atoms with E-state index in [0.717, 1.165) is 15.9 Å². The van der Waals surface area contributed by atoms with Crippen molar-refractivity contribution in [2.24, 2.45) is 7.05 Å². The van der Waals surface area contributed by atoms with E-state index in [1.807, 2.05) is 6.92 Å². The van der Waals surface area contributed by atoms with Crippen LogP contribution in [0.3, 0.4) is 0 Å². The second-order valence-electron chi connectivity index (χ2n) is 4.15. The molecule has 0 aliphatic carbocycles. The number of anilines is 1. The van der Waals surface area contributed by atoms with Gasteiger partial charge in [-0.3, -0.25) is 8.89 Å². The maximum absolute atomic E-state index is 12.4. The van der Waals surface area contributed by atoms with Crippen molar-refractivity contribution in [3.63, 3.8) is 0 Å². The summed E-state index contributed by atoms with van der Waals surface area (Å²) in [6.07, 6.45) is 0. The molecule has 19 heavy (non-hydrogen) atoms. The van der Waals surface area contributed by atoms with Gasteiger partial charge in [-0.2, -0.15) is 5.10 Å². The van der Waals surface area contributed by atoms with Gasteiger partial charge >= 0.3 is 0 Å². The maximum atomic E-state index is 12.4. The molecule has 0 bridgehead atoms. The zero-order valence-corrected chi connectivity index (χ0v) is 13.6. The van der Waals surface area contributed by atoms with Crippen LogP contribution in [0.25, 0.3) is 0 Å². The number of aromatic nitrogens is 2. The standard InChI is InChI=1S/C12H13BrClN3OS/c1-7-12(14)10(17(2)16-7)6-19(18)11-4-3-8(15)5-9(11)13/h3-5H,6,15H2,1-2H3. The van der Waals surface area contributed by atoms with E-state index in [-0.39, 0.29) is 0 Å². The predicted molar refractivity (Wildman–Crippen MR) is 81.6 cm³/mol. The Morgan fingerprint density at radius 3 is 2.74 bits per heavy atom. The first kappa shape index (κ1) is 14.6. The van der Waals surface area contributed by atoms with Crippen molar-refractivity contribution in [3.05, 3.63) is 39.1 Å². The molecule has 1 aromatic carbocycles. The third-order valence-electron chi connectivity index (χ3n) is 2.73. The fraction of sp³-hybridized carbons (Fsp3) is 0.250. The maximum Gasteiger partial charge on any atom is 0.0856 e. The molecule has 1 aromatic heterocycles. The quantitative estimate of drug-likeness (QED) is 0.854. The molecule has 1 atom stereocenters. The van der Waals surface area contributed by atoms with Crippen molar-refractivity contribution in [3.8, 4) is 0 Å². The fourth-order valence-corrected chi connectivity index (χ4v) is 4.22. The molecule has 0 spiro atoms. The summed E-state index contributed by atoms with van der Waals surface area (Å²) in [5.41, 5.74) is 7.80. The van der Waals surface area contributed by atoms with E-state index in [0.29, 0.717) is 21.4 Å². The number of nitrogens with two attached hydrogens (primary N) is 1. The van der Waals surface area contributed by atoms with E-state index in [9.17, 15) is 4.21 Å². The lowest BCUT2D eigenvalue weighted by molar-refractivity contribution is 0.675. The Morgan fingerprint density at radius 1 is 1.53 bits per heavy atom. The zero-order chi connectivity index (χ0) is 14.2. The van der Waals surface area contributed by atoms with E-state index in [2.05, 4.69) is 21.0 Å². The van der Waals surface area contributed by atoms with Crippen molar-refractivity contribution in [1.29, 1.82) is 0 Å². The number of hydrogen-bond donors (Lipinski definition) is 1. The minimum absolute atomic E-state index is 0.318. The Kier molecular flexibility index (Phi) is 4.32. The van der Waals surface area contributed by atoms with Crippen LogP contribution in [-0.2, 0) is 23.6 Å². The highest BCUT2D eigenvalue weighted by atomic mass is 79.9. The summed E-state index contributed by atoms with van der Waals surface area (Å²) in [6, 6.07) is 5.23. The average molecular weight is 363 g/mol. The Balaban J connectivity index is 2.31. The topological polar surface area (TPSA) is 60.9 Å². The van der Waals surface area contributed by atoms with Gasteiger partial charge in [0.15, 0.2) is 0 Å². The highest BCUT2D eigenvalue weighted by molar-refractivity contribution is 9.10. The van der Waals surface area contributed by atoms with Crippen molar-refractivity contribution >= 4 is 44.0 Å². The van der Waals surface area contributed by atoms with Crippen LogP contribution in [0.2, 0.25) is 5.02 Å². The number of hydrogen-bond acceptors (Lipinski definition) is 3. The first-order valence-corrected chi connectivity index (χ1v) is 8.00. The number of rotatable bonds is 3. The van der Waals surface area contributed by atoms with E-state index in [1.54, 1.807) is 29.9 Å². The fourth-order valence-electron chi connectivity index (χ4n) is 1.74. The molecule has 2 N–H and O–H groups in total. The molecule has 0 radical (unpaired) electrons. The van der Waals surface area contributed by atoms with Crippen LogP contribution in [-0.4, -0.2) is 14.0 Å². The highest BCUT2D eigenvalue weighted by Crippen LogP contribution is 2.27. The van der Waals surface area contributed by atoms with Gasteiger partial charge in [0.2, 0.25) is 0 Å². The van der Waals surface area contributed by atoms with E-state index in [1.165, 1.54) is 0 Å². The van der Waals surface area contributed by atoms with E-state index < -0.39 is 10.8 Å². The van der Waals surface area contributed by atoms with Gasteiger partial charge in [-0.15, -0.1) is 0 Å². The summed E-state index contributed by atoms with van der Waals surface area (Å²) in [7, 11) is 0.586. The molecule has 2 aromatic rings. The van der Waals surface area contributed by atoms with Gasteiger partial charge in [-0.05, 0) is 41.1 Å². The van der Waals surface area contributed by atoms with Crippen LogP contribution < -0.4 is 5.73 Å². The summed E-state index contributed by atoms with van der Waals surface area (Å²) < 4.78 is 14.8. The Bertz CT molecular complexity index is 657. The molecule has 0 fully saturated rings. The molecule has 0 aliphatic heterocycles. The number of halogens is 2. The molecule has 0 amide bonds. The van der Waals surface area contributed by atoms with Crippen LogP contribution in [0.1, 0.15) is 11.4 Å². The molecule has 1 heterocycles. The zero-order valence-electron chi connectivity index (χ0n) is 10.5. The van der Waals surface area contributed by atoms with E-state index in [4.69, 9.17) is 17.3 Å². The lowest BCUT2D eigenvalue weighted by atomic mass is 10.3. The minimum Gasteiger partial charge on any atom is -0.399 e. The second-order valence-corrected chi connectivity index (χ2v) is 6.80. The third-order valence-corrected chi connectivity index (χ3v) is 5.52. The van der Waals surface area contributed by atoms with Gasteiger partial charge < -0.3 is 5.73 Å². The van der Waals surface area contributed by atoms with Crippen molar-refractivity contribution in [2.45, 2.75) is 17.6 Å². The predicted octanol–water partition coefficient (Wildman–Crippen LogP) is 3.03. The highest BCUT2D eigenvalue weighted by Gasteiger charge is 2.16. The molecular formula is C12H13BrClN3OS. The third kappa shape index (κ3) is 3.01. The smallest absolute Gasteiger partial charge is 0.0856 e. The Labute approximate surface area is 127 Å². The second kappa shape index (κ2) is 5.64. The number of benzene rings is 1. The summed E-state index contributed by atoms with van der Waals surface area (Å²) in [5.74, 6) is 0.318. The van der Waals surface area contributed by atoms with Crippen molar-refractivity contribution < 1.29 is 4.21 Å². The normalized spacial score (nSPS) is 12.6. The van der Waals surface area contributed by atoms with Crippen LogP contribution in [0.4, 0.5) is 5.69 Å². The first-order valence-electron chi connectivity index (χ1n) is 5.51. The van der Waals surface area contributed by atoms with Gasteiger partial charge in [-0.25, -0.2) is 0 Å². The molecule has 7 heteroatoms. The molecule has 0 saturated carbocycles. The molecule has 0 aliphatic rings. The first-order chi connectivity index (χ1) is 8.90. The Morgan fingerprint density at radius 2 is 2.21 bits per heavy atom. The van der Waals surface area contributed by atoms with E-state index >= 15 is 0 Å². The molecular weight excluding hydrogens is 350 g/mol. The van der Waals surface area contributed by atoms with Crippen LogP contribution >= 0.6 is 27.5 Å². The molecule has 102 valence electrons. The van der Waals surface area contributed by atoms with Gasteiger partial charge in [0.25, 0.3) is 0 Å². The van der Waals surface area contributed by atoms with Gasteiger partial charge in [0, 0.05) is 17.2 Å². The average Bonchev–Trinajstić information content (AvgIpc) is 2.56. The summed E-state index contributed by atoms with van der Waals surface area (Å²) >= 11 is 9.54.